The zero-order valence-corrected chi connectivity index (χ0v) is 16.4. The number of thiophene rings is 1. The van der Waals surface area contributed by atoms with Gasteiger partial charge in [-0.15, -0.1) is 0 Å². The first kappa shape index (κ1) is 18.0. The van der Waals surface area contributed by atoms with Gasteiger partial charge in [0.2, 0.25) is 5.91 Å². The van der Waals surface area contributed by atoms with E-state index >= 15 is 0 Å². The number of piperidine rings is 1. The summed E-state index contributed by atoms with van der Waals surface area (Å²) < 4.78 is 1.73. The van der Waals surface area contributed by atoms with Gasteiger partial charge in [0, 0.05) is 50.9 Å². The molecule has 2 aromatic rings. The number of aryl methyl sites for hydroxylation is 1. The Morgan fingerprint density at radius 3 is 2.44 bits per heavy atom. The van der Waals surface area contributed by atoms with Crippen LogP contribution >= 0.6 is 11.3 Å². The van der Waals surface area contributed by atoms with Gasteiger partial charge in [0.05, 0.1) is 5.56 Å². The number of nitrogens with zero attached hydrogens (tertiary/aromatic N) is 4. The Morgan fingerprint density at radius 2 is 1.85 bits per heavy atom. The number of nitrogens with one attached hydrogen (secondary N) is 1. The van der Waals surface area contributed by atoms with Gasteiger partial charge in [0.1, 0.15) is 11.4 Å². The highest BCUT2D eigenvalue weighted by atomic mass is 32.1. The van der Waals surface area contributed by atoms with E-state index in [1.807, 2.05) is 45.9 Å². The zero-order chi connectivity index (χ0) is 18.9. The number of aromatic nitrogens is 2. The summed E-state index contributed by atoms with van der Waals surface area (Å²) in [5.41, 5.74) is 0.0421. The molecule has 2 saturated heterocycles. The number of rotatable bonds is 4. The molecule has 1 N–H and O–H groups in total. The molecule has 0 unspecified atom stereocenters. The normalized spacial score (nSPS) is 19.3. The molecular weight excluding hydrogens is 362 g/mol. The number of likely N-dealkylation sites (tertiary alicyclic amines) is 2. The Kier molecular flexibility index (Phi) is 4.90. The van der Waals surface area contributed by atoms with Crippen LogP contribution in [0.2, 0.25) is 0 Å². The molecule has 0 atom stereocenters. The van der Waals surface area contributed by atoms with Crippen LogP contribution in [0.15, 0.2) is 29.1 Å². The minimum absolute atomic E-state index is 0.0521. The first-order valence-electron chi connectivity index (χ1n) is 9.46. The molecule has 4 rings (SSSR count). The summed E-state index contributed by atoms with van der Waals surface area (Å²) in [4.78, 5) is 29.8. The lowest BCUT2D eigenvalue weighted by molar-refractivity contribution is -0.136. The van der Waals surface area contributed by atoms with Crippen molar-refractivity contribution in [1.29, 1.82) is 0 Å². The molecule has 2 aliphatic heterocycles. The lowest BCUT2D eigenvalue weighted by Gasteiger charge is -2.43. The third-order valence-corrected chi connectivity index (χ3v) is 6.24. The van der Waals surface area contributed by atoms with E-state index in [1.165, 1.54) is 11.3 Å². The molecule has 0 spiro atoms. The van der Waals surface area contributed by atoms with Crippen LogP contribution in [-0.4, -0.2) is 63.1 Å². The maximum atomic E-state index is 13.4. The van der Waals surface area contributed by atoms with E-state index in [0.29, 0.717) is 31.7 Å². The quantitative estimate of drug-likeness (QED) is 0.873. The first-order valence-corrected chi connectivity index (χ1v) is 10.4. The second-order valence-corrected chi connectivity index (χ2v) is 8.17. The van der Waals surface area contributed by atoms with E-state index in [1.54, 1.807) is 4.68 Å². The van der Waals surface area contributed by atoms with Crippen molar-refractivity contribution >= 4 is 29.0 Å². The lowest BCUT2D eigenvalue weighted by Crippen LogP contribution is -2.59. The van der Waals surface area contributed by atoms with Gasteiger partial charge in [-0.3, -0.25) is 14.3 Å². The zero-order valence-electron chi connectivity index (χ0n) is 15.6. The molecule has 0 saturated carbocycles. The molecule has 8 heteroatoms. The summed E-state index contributed by atoms with van der Waals surface area (Å²) in [5.74, 6) is 0.909. The molecule has 0 aliphatic carbocycles. The van der Waals surface area contributed by atoms with Crippen LogP contribution in [0.3, 0.4) is 0 Å². The Bertz CT molecular complexity index is 802. The van der Waals surface area contributed by atoms with E-state index in [4.69, 9.17) is 0 Å². The largest absolute Gasteiger partial charge is 0.354 e. The molecule has 27 heavy (non-hydrogen) atoms. The Hall–Kier alpha value is -2.35. The molecule has 144 valence electrons. The molecule has 0 bridgehead atoms. The van der Waals surface area contributed by atoms with Crippen LogP contribution in [0.1, 0.15) is 36.0 Å². The number of hydrogen-bond acceptors (Lipinski definition) is 5. The van der Waals surface area contributed by atoms with Crippen LogP contribution < -0.4 is 5.32 Å². The number of hydrogen-bond donors (Lipinski definition) is 1. The molecule has 2 aliphatic rings. The molecule has 0 radical (unpaired) electrons. The molecule has 2 fully saturated rings. The van der Waals surface area contributed by atoms with E-state index in [-0.39, 0.29) is 11.8 Å². The average molecular weight is 388 g/mol. The van der Waals surface area contributed by atoms with Crippen molar-refractivity contribution in [1.82, 2.24) is 19.6 Å². The molecule has 7 nitrogen and oxygen atoms in total. The third-order valence-electron chi connectivity index (χ3n) is 5.56. The van der Waals surface area contributed by atoms with Gasteiger partial charge in [-0.25, -0.2) is 0 Å². The van der Waals surface area contributed by atoms with Crippen molar-refractivity contribution in [2.45, 2.75) is 31.2 Å². The maximum absolute atomic E-state index is 13.4. The highest BCUT2D eigenvalue weighted by Gasteiger charge is 2.45. The maximum Gasteiger partial charge on any atom is 0.254 e. The molecular formula is C19H25N5O2S. The fourth-order valence-corrected chi connectivity index (χ4v) is 4.63. The highest BCUT2D eigenvalue weighted by molar-refractivity contribution is 7.08. The number of amides is 2. The van der Waals surface area contributed by atoms with Gasteiger partial charge in [-0.2, -0.15) is 16.4 Å². The van der Waals surface area contributed by atoms with Crippen molar-refractivity contribution in [3.05, 3.63) is 34.7 Å². The van der Waals surface area contributed by atoms with Crippen molar-refractivity contribution in [3.63, 3.8) is 0 Å². The summed E-state index contributed by atoms with van der Waals surface area (Å²) in [7, 11) is 1.86. The van der Waals surface area contributed by atoms with Gasteiger partial charge in [-0.1, -0.05) is 0 Å². The topological polar surface area (TPSA) is 70.5 Å². The highest BCUT2D eigenvalue weighted by Crippen LogP contribution is 2.31. The van der Waals surface area contributed by atoms with Gasteiger partial charge in [0.15, 0.2) is 0 Å². The fraction of sp³-hybridized carbons (Fsp3) is 0.526. The SMILES string of the molecule is Cn1ccc(NC2(C(=O)N3CCCC3)CCN(C(=O)c3ccsc3)CC2)n1. The van der Waals surface area contributed by atoms with Crippen LogP contribution in [0.4, 0.5) is 5.82 Å². The summed E-state index contributed by atoms with van der Waals surface area (Å²) in [6.45, 7) is 2.77. The fourth-order valence-electron chi connectivity index (χ4n) is 4.00. The van der Waals surface area contributed by atoms with Crippen molar-refractivity contribution < 1.29 is 9.59 Å². The second-order valence-electron chi connectivity index (χ2n) is 7.39. The number of carbonyl (C=O) groups is 2. The van der Waals surface area contributed by atoms with Crippen LogP contribution in [0, 0.1) is 0 Å². The Labute approximate surface area is 162 Å². The van der Waals surface area contributed by atoms with Gasteiger partial charge >= 0.3 is 0 Å². The monoisotopic (exact) mass is 387 g/mol. The second kappa shape index (κ2) is 7.34. The molecule has 0 aromatic carbocycles. The summed E-state index contributed by atoms with van der Waals surface area (Å²) >= 11 is 1.53. The first-order chi connectivity index (χ1) is 13.1. The standard InChI is InChI=1S/C19H25N5O2S/c1-22-10-4-16(21-22)20-19(18(26)24-8-2-3-9-24)6-11-23(12-7-19)17(25)15-5-13-27-14-15/h4-5,10,13-14H,2-3,6-9,11-12H2,1H3,(H,20,21). The van der Waals surface area contributed by atoms with E-state index in [9.17, 15) is 9.59 Å². The predicted molar refractivity (Wildman–Crippen MR) is 105 cm³/mol. The molecule has 2 aromatic heterocycles. The Balaban J connectivity index is 1.52. The molecule has 4 heterocycles. The number of anilines is 1. The summed E-state index contributed by atoms with van der Waals surface area (Å²) in [5, 5.41) is 11.6. The van der Waals surface area contributed by atoms with Crippen LogP contribution in [-0.2, 0) is 11.8 Å². The lowest BCUT2D eigenvalue weighted by atomic mass is 9.85. The van der Waals surface area contributed by atoms with Crippen molar-refractivity contribution in [2.24, 2.45) is 7.05 Å². The van der Waals surface area contributed by atoms with Crippen LogP contribution in [0.5, 0.6) is 0 Å². The van der Waals surface area contributed by atoms with Gasteiger partial charge in [0.25, 0.3) is 5.91 Å². The third kappa shape index (κ3) is 3.58. The van der Waals surface area contributed by atoms with E-state index in [0.717, 1.165) is 31.5 Å². The summed E-state index contributed by atoms with van der Waals surface area (Å²) in [6.07, 6.45) is 5.18. The van der Waals surface area contributed by atoms with Crippen molar-refractivity contribution in [2.75, 3.05) is 31.5 Å². The Morgan fingerprint density at radius 1 is 1.11 bits per heavy atom. The summed E-state index contributed by atoms with van der Waals surface area (Å²) in [6, 6.07) is 3.75. The smallest absolute Gasteiger partial charge is 0.254 e. The van der Waals surface area contributed by atoms with Crippen LogP contribution in [0.25, 0.3) is 0 Å². The van der Waals surface area contributed by atoms with E-state index in [2.05, 4.69) is 10.4 Å². The van der Waals surface area contributed by atoms with Gasteiger partial charge in [-0.05, 0) is 37.1 Å². The minimum Gasteiger partial charge on any atom is -0.354 e. The van der Waals surface area contributed by atoms with E-state index < -0.39 is 5.54 Å². The van der Waals surface area contributed by atoms with Crippen molar-refractivity contribution in [3.8, 4) is 0 Å². The van der Waals surface area contributed by atoms with Gasteiger partial charge < -0.3 is 15.1 Å². The predicted octanol–water partition coefficient (Wildman–Crippen LogP) is 2.19. The minimum atomic E-state index is -0.690. The molecule has 2 amide bonds. The average Bonchev–Trinajstić information content (AvgIpc) is 3.44. The number of carbonyl (C=O) groups excluding carboxylic acids is 2.